The van der Waals surface area contributed by atoms with E-state index in [2.05, 4.69) is 5.32 Å². The van der Waals surface area contributed by atoms with Crippen molar-refractivity contribution < 1.29 is 9.59 Å². The number of hydrogen-bond donors (Lipinski definition) is 1. The molecule has 2 amide bonds. The number of amides is 2. The lowest BCUT2D eigenvalue weighted by molar-refractivity contribution is -0.140. The first-order valence-electron chi connectivity index (χ1n) is 9.89. The van der Waals surface area contributed by atoms with Gasteiger partial charge in [-0.3, -0.25) is 9.59 Å². The third-order valence-corrected chi connectivity index (χ3v) is 5.58. The number of aryl methyl sites for hydroxylation is 1. The van der Waals surface area contributed by atoms with Crippen LogP contribution in [0.3, 0.4) is 0 Å². The summed E-state index contributed by atoms with van der Waals surface area (Å²) in [4.78, 5) is 27.4. The van der Waals surface area contributed by atoms with Crippen molar-refractivity contribution in [2.45, 2.75) is 58.7 Å². The maximum atomic E-state index is 13.1. The van der Waals surface area contributed by atoms with Crippen molar-refractivity contribution in [1.29, 1.82) is 0 Å². The normalized spacial score (nSPS) is 12.9. The van der Waals surface area contributed by atoms with Gasteiger partial charge in [0.2, 0.25) is 11.8 Å². The standard InChI is InChI=1S/C23H28Cl2N2O2/c1-4-16(2)26-23(29)17(3)27(15-19-11-12-20(24)14-21(19)25)22(28)13-10-18-8-6-5-7-9-18/h5-9,11-12,14,16-17H,4,10,13,15H2,1-3H3,(H,26,29)/t16-,17-/m1/s1. The number of rotatable bonds is 9. The Morgan fingerprint density at radius 1 is 1.07 bits per heavy atom. The van der Waals surface area contributed by atoms with Crippen LogP contribution < -0.4 is 5.32 Å². The second kappa shape index (κ2) is 11.2. The summed E-state index contributed by atoms with van der Waals surface area (Å²) in [6.07, 6.45) is 1.75. The first kappa shape index (κ1) is 23.2. The van der Waals surface area contributed by atoms with E-state index in [4.69, 9.17) is 23.2 Å². The summed E-state index contributed by atoms with van der Waals surface area (Å²) in [5.74, 6) is -0.260. The van der Waals surface area contributed by atoms with Crippen molar-refractivity contribution in [3.63, 3.8) is 0 Å². The van der Waals surface area contributed by atoms with Crippen molar-refractivity contribution in [3.05, 3.63) is 69.7 Å². The first-order chi connectivity index (χ1) is 13.8. The number of hydrogen-bond acceptors (Lipinski definition) is 2. The molecule has 6 heteroatoms. The van der Waals surface area contributed by atoms with Crippen LogP contribution in [0, 0.1) is 0 Å². The number of benzene rings is 2. The molecule has 2 rings (SSSR count). The van der Waals surface area contributed by atoms with Gasteiger partial charge in [0.15, 0.2) is 0 Å². The molecule has 0 aliphatic carbocycles. The van der Waals surface area contributed by atoms with E-state index < -0.39 is 6.04 Å². The van der Waals surface area contributed by atoms with Crippen LogP contribution in [0.5, 0.6) is 0 Å². The number of carbonyl (C=O) groups excluding carboxylic acids is 2. The Balaban J connectivity index is 2.18. The van der Waals surface area contributed by atoms with Crippen molar-refractivity contribution in [2.75, 3.05) is 0 Å². The lowest BCUT2D eigenvalue weighted by atomic mass is 10.1. The Morgan fingerprint density at radius 3 is 2.38 bits per heavy atom. The monoisotopic (exact) mass is 434 g/mol. The highest BCUT2D eigenvalue weighted by Gasteiger charge is 2.27. The number of nitrogens with zero attached hydrogens (tertiary/aromatic N) is 1. The van der Waals surface area contributed by atoms with Gasteiger partial charge in [0, 0.05) is 29.1 Å². The summed E-state index contributed by atoms with van der Waals surface area (Å²) in [7, 11) is 0. The van der Waals surface area contributed by atoms with Crippen molar-refractivity contribution >= 4 is 35.0 Å². The van der Waals surface area contributed by atoms with Crippen LogP contribution in [0.4, 0.5) is 0 Å². The molecule has 0 fully saturated rings. The fraction of sp³-hybridized carbons (Fsp3) is 0.391. The lowest BCUT2D eigenvalue weighted by Crippen LogP contribution is -2.49. The van der Waals surface area contributed by atoms with Crippen LogP contribution in [0.2, 0.25) is 10.0 Å². The molecule has 0 unspecified atom stereocenters. The van der Waals surface area contributed by atoms with E-state index in [1.807, 2.05) is 44.2 Å². The van der Waals surface area contributed by atoms with E-state index in [0.29, 0.717) is 22.9 Å². The molecule has 0 spiro atoms. The Labute approximate surface area is 183 Å². The van der Waals surface area contributed by atoms with Crippen molar-refractivity contribution in [2.24, 2.45) is 0 Å². The van der Waals surface area contributed by atoms with Gasteiger partial charge in [-0.25, -0.2) is 0 Å². The summed E-state index contributed by atoms with van der Waals surface area (Å²) < 4.78 is 0. The molecule has 0 saturated carbocycles. The first-order valence-corrected chi connectivity index (χ1v) is 10.6. The average Bonchev–Trinajstić information content (AvgIpc) is 2.71. The van der Waals surface area contributed by atoms with E-state index in [1.54, 1.807) is 30.0 Å². The summed E-state index contributed by atoms with van der Waals surface area (Å²) >= 11 is 12.3. The highest BCUT2D eigenvalue weighted by Crippen LogP contribution is 2.23. The third kappa shape index (κ3) is 7.06. The summed E-state index contributed by atoms with van der Waals surface area (Å²) in [5, 5.41) is 3.97. The zero-order valence-corrected chi connectivity index (χ0v) is 18.6. The molecular weight excluding hydrogens is 407 g/mol. The summed E-state index contributed by atoms with van der Waals surface area (Å²) in [6.45, 7) is 5.95. The smallest absolute Gasteiger partial charge is 0.242 e. The van der Waals surface area contributed by atoms with Crippen LogP contribution in [0.25, 0.3) is 0 Å². The molecule has 2 aromatic carbocycles. The molecule has 0 heterocycles. The van der Waals surface area contributed by atoms with Crippen LogP contribution in [-0.2, 0) is 22.6 Å². The van der Waals surface area contributed by atoms with Gasteiger partial charge in [-0.1, -0.05) is 66.5 Å². The van der Waals surface area contributed by atoms with Crippen LogP contribution in [0.1, 0.15) is 44.7 Å². The van der Waals surface area contributed by atoms with E-state index in [0.717, 1.165) is 17.5 Å². The van der Waals surface area contributed by atoms with Gasteiger partial charge >= 0.3 is 0 Å². The van der Waals surface area contributed by atoms with E-state index in [1.165, 1.54) is 0 Å². The maximum Gasteiger partial charge on any atom is 0.242 e. The molecule has 156 valence electrons. The van der Waals surface area contributed by atoms with Gasteiger partial charge in [0.25, 0.3) is 0 Å². The topological polar surface area (TPSA) is 49.4 Å². The van der Waals surface area contributed by atoms with E-state index in [9.17, 15) is 9.59 Å². The molecule has 0 saturated heterocycles. The number of carbonyl (C=O) groups is 2. The van der Waals surface area contributed by atoms with Gasteiger partial charge in [-0.05, 0) is 49.9 Å². The average molecular weight is 435 g/mol. The fourth-order valence-corrected chi connectivity index (χ4v) is 3.39. The van der Waals surface area contributed by atoms with Gasteiger partial charge in [-0.15, -0.1) is 0 Å². The quantitative estimate of drug-likeness (QED) is 0.584. The molecule has 4 nitrogen and oxygen atoms in total. The van der Waals surface area contributed by atoms with Crippen molar-refractivity contribution in [1.82, 2.24) is 10.2 Å². The summed E-state index contributed by atoms with van der Waals surface area (Å²) in [5.41, 5.74) is 1.84. The minimum atomic E-state index is -0.612. The second-order valence-electron chi connectivity index (χ2n) is 7.24. The molecule has 2 atom stereocenters. The predicted octanol–water partition coefficient (Wildman–Crippen LogP) is 5.26. The van der Waals surface area contributed by atoms with Gasteiger partial charge < -0.3 is 10.2 Å². The zero-order chi connectivity index (χ0) is 21.4. The molecule has 0 aromatic heterocycles. The summed E-state index contributed by atoms with van der Waals surface area (Å²) in [6, 6.07) is 14.4. The fourth-order valence-electron chi connectivity index (χ4n) is 2.92. The Bertz CT molecular complexity index is 827. The van der Waals surface area contributed by atoms with Crippen LogP contribution in [0.15, 0.2) is 48.5 Å². The minimum Gasteiger partial charge on any atom is -0.352 e. The SMILES string of the molecule is CC[C@@H](C)NC(=O)[C@@H](C)N(Cc1ccc(Cl)cc1Cl)C(=O)CCc1ccccc1. The van der Waals surface area contributed by atoms with Gasteiger partial charge in [-0.2, -0.15) is 0 Å². The van der Waals surface area contributed by atoms with Gasteiger partial charge in [0.1, 0.15) is 6.04 Å². The third-order valence-electron chi connectivity index (χ3n) is 4.99. The Hall–Kier alpha value is -2.04. The molecule has 0 aliphatic heterocycles. The zero-order valence-electron chi connectivity index (χ0n) is 17.1. The minimum absolute atomic E-state index is 0.0466. The highest BCUT2D eigenvalue weighted by molar-refractivity contribution is 6.35. The van der Waals surface area contributed by atoms with Crippen molar-refractivity contribution in [3.8, 4) is 0 Å². The molecule has 29 heavy (non-hydrogen) atoms. The number of halogens is 2. The second-order valence-corrected chi connectivity index (χ2v) is 8.08. The molecular formula is C23H28Cl2N2O2. The Morgan fingerprint density at radius 2 is 1.76 bits per heavy atom. The highest BCUT2D eigenvalue weighted by atomic mass is 35.5. The largest absolute Gasteiger partial charge is 0.352 e. The predicted molar refractivity (Wildman–Crippen MR) is 119 cm³/mol. The molecule has 1 N–H and O–H groups in total. The maximum absolute atomic E-state index is 13.1. The number of nitrogens with one attached hydrogen (secondary N) is 1. The van der Waals surface area contributed by atoms with Crippen LogP contribution in [-0.4, -0.2) is 28.8 Å². The lowest BCUT2D eigenvalue weighted by Gasteiger charge is -2.30. The Kier molecular flexibility index (Phi) is 8.99. The molecule has 2 aromatic rings. The van der Waals surface area contributed by atoms with E-state index >= 15 is 0 Å². The molecule has 0 aliphatic rings. The van der Waals surface area contributed by atoms with E-state index in [-0.39, 0.29) is 24.4 Å². The molecule has 0 bridgehead atoms. The van der Waals surface area contributed by atoms with Crippen LogP contribution >= 0.6 is 23.2 Å². The molecule has 0 radical (unpaired) electrons. The van der Waals surface area contributed by atoms with Gasteiger partial charge in [0.05, 0.1) is 0 Å².